The van der Waals surface area contributed by atoms with Gasteiger partial charge in [-0.3, -0.25) is 4.68 Å². The fourth-order valence-corrected chi connectivity index (χ4v) is 4.86. The van der Waals surface area contributed by atoms with E-state index >= 15 is 0 Å². The zero-order chi connectivity index (χ0) is 23.3. The maximum Gasteiger partial charge on any atom is 0.220 e. The highest BCUT2D eigenvalue weighted by atomic mass is 32.2. The molecule has 2 aromatic carbocycles. The third kappa shape index (κ3) is 5.26. The van der Waals surface area contributed by atoms with Gasteiger partial charge in [-0.15, -0.1) is 0 Å². The molecule has 10 heteroatoms. The number of nitrogens with zero attached hydrogens (tertiary/aromatic N) is 4. The largest absolute Gasteiger partial charge is 0.497 e. The molecule has 0 spiro atoms. The Bertz CT molecular complexity index is 1060. The lowest BCUT2D eigenvalue weighted by molar-refractivity contribution is 0.158. The summed E-state index contributed by atoms with van der Waals surface area (Å²) in [6, 6.07) is 14.4. The zero-order valence-corrected chi connectivity index (χ0v) is 19.4. The second-order valence-electron chi connectivity index (χ2n) is 7.40. The molecule has 0 aliphatic carbocycles. The monoisotopic (exact) mass is 460 g/mol. The van der Waals surface area contributed by atoms with Crippen molar-refractivity contribution >= 4 is 10.0 Å². The average molecular weight is 461 g/mol. The molecule has 0 fully saturated rings. The Morgan fingerprint density at radius 3 is 1.81 bits per heavy atom. The lowest BCUT2D eigenvalue weighted by atomic mass is 10.2. The van der Waals surface area contributed by atoms with Crippen LogP contribution < -0.4 is 9.47 Å². The van der Waals surface area contributed by atoms with E-state index in [9.17, 15) is 13.5 Å². The normalized spacial score (nSPS) is 13.7. The van der Waals surface area contributed by atoms with Gasteiger partial charge in [-0.1, -0.05) is 24.3 Å². The smallest absolute Gasteiger partial charge is 0.220 e. The second kappa shape index (κ2) is 10.1. The van der Waals surface area contributed by atoms with Crippen LogP contribution in [0.1, 0.15) is 30.0 Å². The number of aryl methyl sites for hydroxylation is 1. The van der Waals surface area contributed by atoms with Crippen molar-refractivity contribution in [2.24, 2.45) is 7.05 Å². The van der Waals surface area contributed by atoms with Gasteiger partial charge >= 0.3 is 0 Å². The summed E-state index contributed by atoms with van der Waals surface area (Å²) in [5.74, 6) is 1.56. The molecule has 0 amide bonds. The lowest BCUT2D eigenvalue weighted by Gasteiger charge is -2.28. The minimum absolute atomic E-state index is 0.133. The van der Waals surface area contributed by atoms with Gasteiger partial charge in [0, 0.05) is 20.1 Å². The highest BCUT2D eigenvalue weighted by Crippen LogP contribution is 2.26. The van der Waals surface area contributed by atoms with Crippen molar-refractivity contribution in [2.45, 2.75) is 31.4 Å². The van der Waals surface area contributed by atoms with Crippen LogP contribution in [-0.2, 0) is 30.2 Å². The number of sulfonamides is 1. The van der Waals surface area contributed by atoms with Crippen molar-refractivity contribution in [3.63, 3.8) is 0 Å². The molecule has 0 saturated carbocycles. The molecule has 32 heavy (non-hydrogen) atoms. The molecular weight excluding hydrogens is 432 g/mol. The van der Waals surface area contributed by atoms with E-state index in [2.05, 4.69) is 10.1 Å². The van der Waals surface area contributed by atoms with Gasteiger partial charge in [-0.05, 0) is 42.3 Å². The molecule has 3 rings (SSSR count). The van der Waals surface area contributed by atoms with E-state index in [1.807, 2.05) is 24.3 Å². The van der Waals surface area contributed by atoms with Crippen LogP contribution in [0.2, 0.25) is 0 Å². The summed E-state index contributed by atoms with van der Waals surface area (Å²) in [6.45, 7) is 1.74. The van der Waals surface area contributed by atoms with Gasteiger partial charge in [0.15, 0.2) is 5.82 Å². The summed E-state index contributed by atoms with van der Waals surface area (Å²) >= 11 is 0. The first kappa shape index (κ1) is 23.7. The molecule has 1 heterocycles. The van der Waals surface area contributed by atoms with Gasteiger partial charge in [0.05, 0.1) is 14.2 Å². The number of hydrogen-bond donors (Lipinski definition) is 1. The van der Waals surface area contributed by atoms with Crippen LogP contribution >= 0.6 is 0 Å². The SMILES string of the molecule is COc1ccc(CN(Cc2ccc(OC)cc2)S(=O)(=O)[C@H](C)[C@@H](O)c2ncnn2C)cc1. The second-order valence-corrected chi connectivity index (χ2v) is 9.69. The predicted molar refractivity (Wildman–Crippen MR) is 120 cm³/mol. The minimum Gasteiger partial charge on any atom is -0.497 e. The van der Waals surface area contributed by atoms with Crippen LogP contribution in [0.4, 0.5) is 0 Å². The Morgan fingerprint density at radius 1 is 0.969 bits per heavy atom. The van der Waals surface area contributed by atoms with Gasteiger partial charge in [-0.25, -0.2) is 13.4 Å². The molecule has 0 saturated heterocycles. The van der Waals surface area contributed by atoms with E-state index in [0.29, 0.717) is 11.5 Å². The maximum atomic E-state index is 13.6. The highest BCUT2D eigenvalue weighted by molar-refractivity contribution is 7.89. The van der Waals surface area contributed by atoms with E-state index in [-0.39, 0.29) is 18.9 Å². The number of rotatable bonds is 10. The van der Waals surface area contributed by atoms with E-state index in [1.54, 1.807) is 45.5 Å². The summed E-state index contributed by atoms with van der Waals surface area (Å²) in [6.07, 6.45) is -0.0496. The van der Waals surface area contributed by atoms with Gasteiger partial charge in [0.1, 0.15) is 29.2 Å². The number of aliphatic hydroxyl groups excluding tert-OH is 1. The molecule has 9 nitrogen and oxygen atoms in total. The molecular formula is C22H28N4O5S. The molecule has 3 aromatic rings. The molecule has 0 bridgehead atoms. The van der Waals surface area contributed by atoms with E-state index < -0.39 is 21.4 Å². The molecule has 0 radical (unpaired) electrons. The van der Waals surface area contributed by atoms with E-state index in [1.165, 1.54) is 22.2 Å². The maximum absolute atomic E-state index is 13.6. The number of aliphatic hydroxyl groups is 1. The number of benzene rings is 2. The first-order valence-corrected chi connectivity index (χ1v) is 11.5. The Labute approximate surface area is 188 Å². The standard InChI is InChI=1S/C22H28N4O5S/c1-16(21(27)22-23-15-24-25(22)2)32(28,29)26(13-17-5-9-19(30-3)10-6-17)14-18-7-11-20(31-4)12-8-18/h5-12,15-16,21,27H,13-14H2,1-4H3/t16-,21-/m1/s1. The first-order chi connectivity index (χ1) is 15.3. The first-order valence-electron chi connectivity index (χ1n) is 10.0. The topological polar surface area (TPSA) is 107 Å². The Kier molecular flexibility index (Phi) is 7.49. The quantitative estimate of drug-likeness (QED) is 0.495. The van der Waals surface area contributed by atoms with Gasteiger partial charge in [-0.2, -0.15) is 9.40 Å². The molecule has 1 N–H and O–H groups in total. The van der Waals surface area contributed by atoms with E-state index in [0.717, 1.165) is 11.1 Å². The minimum atomic E-state index is -3.93. The van der Waals surface area contributed by atoms with Crippen molar-refractivity contribution in [1.82, 2.24) is 19.1 Å². The fraction of sp³-hybridized carbons (Fsp3) is 0.364. The average Bonchev–Trinajstić information content (AvgIpc) is 3.24. The third-order valence-corrected chi connectivity index (χ3v) is 7.50. The summed E-state index contributed by atoms with van der Waals surface area (Å²) in [4.78, 5) is 4.01. The fourth-order valence-electron chi connectivity index (χ4n) is 3.29. The molecule has 0 unspecified atom stereocenters. The van der Waals surface area contributed by atoms with E-state index in [4.69, 9.17) is 9.47 Å². The molecule has 0 aliphatic heterocycles. The van der Waals surface area contributed by atoms with Crippen LogP contribution in [0, 0.1) is 0 Å². The van der Waals surface area contributed by atoms with Crippen LogP contribution in [0.25, 0.3) is 0 Å². The summed E-state index contributed by atoms with van der Waals surface area (Å²) in [5, 5.41) is 13.5. The van der Waals surface area contributed by atoms with Gasteiger partial charge in [0.25, 0.3) is 0 Å². The number of hydrogen-bond acceptors (Lipinski definition) is 7. The highest BCUT2D eigenvalue weighted by Gasteiger charge is 2.36. The van der Waals surface area contributed by atoms with Crippen LogP contribution in [0.15, 0.2) is 54.9 Å². The Morgan fingerprint density at radius 2 is 1.44 bits per heavy atom. The van der Waals surface area contributed by atoms with Crippen molar-refractivity contribution in [3.8, 4) is 11.5 Å². The predicted octanol–water partition coefficient (Wildman–Crippen LogP) is 2.29. The molecule has 0 aliphatic rings. The molecule has 172 valence electrons. The van der Waals surface area contributed by atoms with Crippen molar-refractivity contribution in [3.05, 3.63) is 71.8 Å². The zero-order valence-electron chi connectivity index (χ0n) is 18.5. The van der Waals surface area contributed by atoms with Crippen molar-refractivity contribution < 1.29 is 23.0 Å². The summed E-state index contributed by atoms with van der Waals surface area (Å²) in [5.41, 5.74) is 1.59. The van der Waals surface area contributed by atoms with Crippen LogP contribution in [0.3, 0.4) is 0 Å². The third-order valence-electron chi connectivity index (χ3n) is 5.32. The van der Waals surface area contributed by atoms with Crippen molar-refractivity contribution in [2.75, 3.05) is 14.2 Å². The Balaban J connectivity index is 1.91. The van der Waals surface area contributed by atoms with Crippen LogP contribution in [-0.4, -0.2) is 52.1 Å². The lowest BCUT2D eigenvalue weighted by Crippen LogP contribution is -2.40. The molecule has 2 atom stereocenters. The number of aromatic nitrogens is 3. The number of methoxy groups -OCH3 is 2. The number of ether oxygens (including phenoxy) is 2. The molecule has 1 aromatic heterocycles. The summed E-state index contributed by atoms with van der Waals surface area (Å²) < 4.78 is 40.3. The Hall–Kier alpha value is -2.95. The van der Waals surface area contributed by atoms with Gasteiger partial charge in [0.2, 0.25) is 10.0 Å². The van der Waals surface area contributed by atoms with Crippen molar-refractivity contribution in [1.29, 1.82) is 0 Å². The summed E-state index contributed by atoms with van der Waals surface area (Å²) in [7, 11) is 0.826. The van der Waals surface area contributed by atoms with Gasteiger partial charge < -0.3 is 14.6 Å². The van der Waals surface area contributed by atoms with Crippen LogP contribution in [0.5, 0.6) is 11.5 Å².